The molecule has 0 unspecified atom stereocenters. The molecule has 0 fully saturated rings. The summed E-state index contributed by atoms with van der Waals surface area (Å²) < 4.78 is 36.2. The predicted octanol–water partition coefficient (Wildman–Crippen LogP) is 2.34. The molecule has 1 heterocycles. The molecule has 0 aliphatic heterocycles. The highest BCUT2D eigenvalue weighted by atomic mass is 35.5. The van der Waals surface area contributed by atoms with Crippen LogP contribution in [0.1, 0.15) is 6.42 Å². The van der Waals surface area contributed by atoms with Crippen LogP contribution in [0, 0.1) is 0 Å². The molecule has 9 heteroatoms. The van der Waals surface area contributed by atoms with E-state index in [0.29, 0.717) is 15.4 Å². The monoisotopic (exact) mass is 305 g/mol. The number of fused-ring (bicyclic) bond motifs is 1. The van der Waals surface area contributed by atoms with Crippen molar-refractivity contribution >= 4 is 22.5 Å². The molecule has 0 bridgehead atoms. The van der Waals surface area contributed by atoms with Crippen molar-refractivity contribution in [2.45, 2.75) is 6.42 Å². The molecule has 5 nitrogen and oxygen atoms in total. The van der Waals surface area contributed by atoms with Crippen LogP contribution in [0.2, 0.25) is 5.02 Å². The Hall–Kier alpha value is -2.09. The summed E-state index contributed by atoms with van der Waals surface area (Å²) in [5.41, 5.74) is -0.359. The SMILES string of the molecule is O=c1c2cc(Cl)ccc2nnn1OCCC(F)=C(F)F. The van der Waals surface area contributed by atoms with Crippen LogP contribution in [-0.4, -0.2) is 21.8 Å². The zero-order valence-corrected chi connectivity index (χ0v) is 10.6. The minimum atomic E-state index is -2.42. The largest absolute Gasteiger partial charge is 0.392 e. The van der Waals surface area contributed by atoms with Gasteiger partial charge in [-0.3, -0.25) is 4.79 Å². The predicted molar refractivity (Wildman–Crippen MR) is 65.2 cm³/mol. The summed E-state index contributed by atoms with van der Waals surface area (Å²) in [4.78, 5) is 17.2. The number of hydrogen-bond donors (Lipinski definition) is 0. The third-order valence-electron chi connectivity index (χ3n) is 2.34. The molecular formula is C11H7ClF3N3O2. The third-order valence-corrected chi connectivity index (χ3v) is 2.57. The van der Waals surface area contributed by atoms with Gasteiger partial charge in [0.15, 0.2) is 5.83 Å². The number of rotatable bonds is 4. The van der Waals surface area contributed by atoms with E-state index in [1.807, 2.05) is 0 Å². The maximum absolute atomic E-state index is 12.5. The summed E-state index contributed by atoms with van der Waals surface area (Å²) in [5, 5.41) is 7.61. The minimum Gasteiger partial charge on any atom is -0.392 e. The Labute approximate surface area is 115 Å². The maximum Gasteiger partial charge on any atom is 0.314 e. The van der Waals surface area contributed by atoms with Crippen LogP contribution in [0.4, 0.5) is 13.2 Å². The summed E-state index contributed by atoms with van der Waals surface area (Å²) in [7, 11) is 0. The van der Waals surface area contributed by atoms with E-state index in [-0.39, 0.29) is 5.39 Å². The van der Waals surface area contributed by atoms with Crippen LogP contribution in [-0.2, 0) is 0 Å². The Morgan fingerprint density at radius 2 is 2.10 bits per heavy atom. The summed E-state index contributed by atoms with van der Waals surface area (Å²) >= 11 is 5.75. The van der Waals surface area contributed by atoms with E-state index >= 15 is 0 Å². The molecule has 0 saturated heterocycles. The lowest BCUT2D eigenvalue weighted by Crippen LogP contribution is -2.31. The fourth-order valence-corrected chi connectivity index (χ4v) is 1.57. The Morgan fingerprint density at radius 3 is 2.80 bits per heavy atom. The second-order valence-electron chi connectivity index (χ2n) is 3.68. The van der Waals surface area contributed by atoms with Gasteiger partial charge in [-0.15, -0.1) is 5.10 Å². The number of aromatic nitrogens is 3. The van der Waals surface area contributed by atoms with Gasteiger partial charge in [0.25, 0.3) is 0 Å². The Kier molecular flexibility index (Phi) is 4.23. The van der Waals surface area contributed by atoms with E-state index in [1.165, 1.54) is 18.2 Å². The molecule has 0 atom stereocenters. The van der Waals surface area contributed by atoms with E-state index in [4.69, 9.17) is 16.4 Å². The number of hydrogen-bond acceptors (Lipinski definition) is 4. The Bertz CT molecular complexity index is 728. The van der Waals surface area contributed by atoms with E-state index in [2.05, 4.69) is 10.3 Å². The highest BCUT2D eigenvalue weighted by Gasteiger charge is 2.09. The van der Waals surface area contributed by atoms with Gasteiger partial charge < -0.3 is 4.84 Å². The summed E-state index contributed by atoms with van der Waals surface area (Å²) in [6, 6.07) is 4.40. The second-order valence-corrected chi connectivity index (χ2v) is 4.11. The van der Waals surface area contributed by atoms with Crippen molar-refractivity contribution in [3.63, 3.8) is 0 Å². The van der Waals surface area contributed by atoms with Crippen molar-refractivity contribution in [3.8, 4) is 0 Å². The summed E-state index contributed by atoms with van der Waals surface area (Å²) in [5.74, 6) is -1.60. The van der Waals surface area contributed by atoms with Gasteiger partial charge in [0, 0.05) is 11.4 Å². The van der Waals surface area contributed by atoms with Crippen LogP contribution < -0.4 is 10.4 Å². The normalized spacial score (nSPS) is 10.6. The van der Waals surface area contributed by atoms with Gasteiger partial charge in [0.1, 0.15) is 12.1 Å². The molecular weight excluding hydrogens is 299 g/mol. The van der Waals surface area contributed by atoms with Gasteiger partial charge in [-0.2, -0.15) is 8.78 Å². The molecule has 1 aromatic carbocycles. The lowest BCUT2D eigenvalue weighted by atomic mass is 10.2. The van der Waals surface area contributed by atoms with Gasteiger partial charge in [-0.05, 0) is 28.3 Å². The standard InChI is InChI=1S/C11H7ClF3N3O2/c12-6-1-2-9-7(5-6)11(19)18(17-16-9)20-4-3-8(13)10(14)15/h1-2,5H,3-4H2. The Balaban J connectivity index is 2.21. The first-order chi connectivity index (χ1) is 9.49. The molecule has 0 saturated carbocycles. The average Bonchev–Trinajstić information content (AvgIpc) is 2.41. The average molecular weight is 306 g/mol. The smallest absolute Gasteiger partial charge is 0.314 e. The summed E-state index contributed by atoms with van der Waals surface area (Å²) in [6.45, 7) is -0.482. The van der Waals surface area contributed by atoms with E-state index in [0.717, 1.165) is 0 Å². The molecule has 0 N–H and O–H groups in total. The lowest BCUT2D eigenvalue weighted by Gasteiger charge is -2.05. The van der Waals surface area contributed by atoms with Crippen LogP contribution in [0.3, 0.4) is 0 Å². The molecule has 0 radical (unpaired) electrons. The van der Waals surface area contributed by atoms with Crippen LogP contribution >= 0.6 is 11.6 Å². The Morgan fingerprint density at radius 1 is 1.35 bits per heavy atom. The van der Waals surface area contributed by atoms with Crippen molar-refractivity contribution in [1.82, 2.24) is 15.2 Å². The van der Waals surface area contributed by atoms with E-state index < -0.39 is 30.5 Å². The molecule has 2 aromatic rings. The van der Waals surface area contributed by atoms with E-state index in [9.17, 15) is 18.0 Å². The fourth-order valence-electron chi connectivity index (χ4n) is 1.40. The topological polar surface area (TPSA) is 57.0 Å². The van der Waals surface area contributed by atoms with Crippen LogP contribution in [0.5, 0.6) is 0 Å². The zero-order chi connectivity index (χ0) is 14.7. The van der Waals surface area contributed by atoms with Crippen LogP contribution in [0.25, 0.3) is 10.9 Å². The second kappa shape index (κ2) is 5.91. The highest BCUT2D eigenvalue weighted by molar-refractivity contribution is 6.31. The molecule has 0 spiro atoms. The zero-order valence-electron chi connectivity index (χ0n) is 9.82. The van der Waals surface area contributed by atoms with Crippen molar-refractivity contribution in [2.24, 2.45) is 0 Å². The minimum absolute atomic E-state index is 0.153. The first kappa shape index (κ1) is 14.3. The number of benzene rings is 1. The van der Waals surface area contributed by atoms with Gasteiger partial charge in [0.05, 0.1) is 5.39 Å². The highest BCUT2D eigenvalue weighted by Crippen LogP contribution is 2.14. The molecule has 1 aromatic heterocycles. The third kappa shape index (κ3) is 3.08. The van der Waals surface area contributed by atoms with Gasteiger partial charge in [-0.25, -0.2) is 4.39 Å². The first-order valence-corrected chi connectivity index (χ1v) is 5.75. The number of halogens is 4. The molecule has 0 aliphatic rings. The number of nitrogens with zero attached hydrogens (tertiary/aromatic N) is 3. The molecule has 106 valence electrons. The van der Waals surface area contributed by atoms with Crippen molar-refractivity contribution in [3.05, 3.63) is 45.5 Å². The molecule has 2 rings (SSSR count). The van der Waals surface area contributed by atoms with Crippen molar-refractivity contribution < 1.29 is 18.0 Å². The first-order valence-electron chi connectivity index (χ1n) is 5.37. The fraction of sp³-hybridized carbons (Fsp3) is 0.182. The van der Waals surface area contributed by atoms with Crippen molar-refractivity contribution in [1.29, 1.82) is 0 Å². The lowest BCUT2D eigenvalue weighted by molar-refractivity contribution is 0.0659. The molecule has 20 heavy (non-hydrogen) atoms. The van der Waals surface area contributed by atoms with Crippen molar-refractivity contribution in [2.75, 3.05) is 6.61 Å². The quantitative estimate of drug-likeness (QED) is 0.870. The van der Waals surface area contributed by atoms with E-state index in [1.54, 1.807) is 0 Å². The molecule has 0 aliphatic carbocycles. The van der Waals surface area contributed by atoms with Gasteiger partial charge >= 0.3 is 11.6 Å². The summed E-state index contributed by atoms with van der Waals surface area (Å²) in [6.07, 6.45) is -3.10. The maximum atomic E-state index is 12.5. The van der Waals surface area contributed by atoms with Gasteiger partial charge in [-0.1, -0.05) is 11.6 Å². The van der Waals surface area contributed by atoms with Crippen LogP contribution in [0.15, 0.2) is 34.9 Å². The molecule has 0 amide bonds. The van der Waals surface area contributed by atoms with Gasteiger partial charge in [0.2, 0.25) is 0 Å².